The van der Waals surface area contributed by atoms with Gasteiger partial charge in [0.2, 0.25) is 5.82 Å². The number of aromatic nitrogens is 5. The Hall–Kier alpha value is -3.20. The zero-order valence-electron chi connectivity index (χ0n) is 12.2. The number of carbonyl (C=O) groups is 2. The van der Waals surface area contributed by atoms with Crippen LogP contribution in [-0.4, -0.2) is 37.0 Å². The fourth-order valence-corrected chi connectivity index (χ4v) is 1.98. The van der Waals surface area contributed by atoms with Crippen LogP contribution in [0.1, 0.15) is 10.5 Å². The van der Waals surface area contributed by atoms with E-state index < -0.39 is 11.8 Å². The van der Waals surface area contributed by atoms with E-state index in [0.29, 0.717) is 16.5 Å². The highest BCUT2D eigenvalue weighted by atomic mass is 35.5. The van der Waals surface area contributed by atoms with E-state index in [1.54, 1.807) is 42.6 Å². The van der Waals surface area contributed by atoms with Crippen LogP contribution in [0, 0.1) is 0 Å². The molecular formula is C14H12ClN7O2. The lowest BCUT2D eigenvalue weighted by Gasteiger charge is -2.05. The Morgan fingerprint density at radius 1 is 1.17 bits per heavy atom. The van der Waals surface area contributed by atoms with Gasteiger partial charge >= 0.3 is 0 Å². The third-order valence-corrected chi connectivity index (χ3v) is 3.25. The third kappa shape index (κ3) is 3.76. The number of H-pyrrole nitrogens is 1. The van der Waals surface area contributed by atoms with Crippen molar-refractivity contribution in [3.05, 3.63) is 53.3 Å². The van der Waals surface area contributed by atoms with Crippen molar-refractivity contribution in [3.63, 3.8) is 0 Å². The van der Waals surface area contributed by atoms with Crippen molar-refractivity contribution in [1.29, 1.82) is 0 Å². The van der Waals surface area contributed by atoms with Gasteiger partial charge in [0.25, 0.3) is 11.8 Å². The molecule has 24 heavy (non-hydrogen) atoms. The fraction of sp³-hybridized carbons (Fsp3) is 0.0714. The normalized spacial score (nSPS) is 10.4. The lowest BCUT2D eigenvalue weighted by atomic mass is 10.2. The van der Waals surface area contributed by atoms with E-state index in [0.717, 1.165) is 10.4 Å². The first-order valence-corrected chi connectivity index (χ1v) is 7.26. The maximum Gasteiger partial charge on any atom is 0.286 e. The minimum atomic E-state index is -0.491. The van der Waals surface area contributed by atoms with Crippen molar-refractivity contribution in [2.24, 2.45) is 0 Å². The first-order valence-electron chi connectivity index (χ1n) is 6.88. The van der Waals surface area contributed by atoms with Gasteiger partial charge in [-0.1, -0.05) is 11.6 Å². The molecule has 0 spiro atoms. The second-order valence-corrected chi connectivity index (χ2v) is 5.17. The summed E-state index contributed by atoms with van der Waals surface area (Å²) in [5.41, 5.74) is 5.61. The third-order valence-electron chi connectivity index (χ3n) is 3.00. The largest absolute Gasteiger partial charge is 0.357 e. The Kier molecular flexibility index (Phi) is 4.52. The molecule has 0 aliphatic heterocycles. The molecule has 0 radical (unpaired) electrons. The van der Waals surface area contributed by atoms with Gasteiger partial charge in [-0.15, -0.1) is 10.2 Å². The summed E-state index contributed by atoms with van der Waals surface area (Å²) in [5, 5.41) is 12.4. The van der Waals surface area contributed by atoms with Crippen LogP contribution in [0.5, 0.6) is 0 Å². The average Bonchev–Trinajstić information content (AvgIpc) is 3.25. The number of carbonyl (C=O) groups excluding carboxylic acids is 2. The Morgan fingerprint density at radius 2 is 1.96 bits per heavy atom. The highest BCUT2D eigenvalue weighted by molar-refractivity contribution is 6.30. The van der Waals surface area contributed by atoms with Crippen LogP contribution in [0.2, 0.25) is 5.02 Å². The molecule has 0 saturated heterocycles. The van der Waals surface area contributed by atoms with E-state index in [4.69, 9.17) is 11.6 Å². The summed E-state index contributed by atoms with van der Waals surface area (Å²) in [6.07, 6.45) is 1.61. The first kappa shape index (κ1) is 15.7. The smallest absolute Gasteiger partial charge is 0.286 e. The average molecular weight is 346 g/mol. The summed E-state index contributed by atoms with van der Waals surface area (Å²) < 4.78 is 0. The Morgan fingerprint density at radius 3 is 2.67 bits per heavy atom. The number of tetrazole rings is 1. The van der Waals surface area contributed by atoms with E-state index in [2.05, 4.69) is 31.2 Å². The summed E-state index contributed by atoms with van der Waals surface area (Å²) >= 11 is 5.82. The summed E-state index contributed by atoms with van der Waals surface area (Å²) in [6, 6.07) is 10.2. The Bertz CT molecular complexity index is 842. The number of amides is 2. The van der Waals surface area contributed by atoms with Gasteiger partial charge < -0.3 is 4.98 Å². The number of nitrogens with one attached hydrogen (secondary N) is 3. The molecule has 0 aliphatic carbocycles. The van der Waals surface area contributed by atoms with Crippen molar-refractivity contribution in [2.45, 2.75) is 6.54 Å². The van der Waals surface area contributed by atoms with Gasteiger partial charge in [-0.2, -0.15) is 4.80 Å². The molecule has 3 N–H and O–H groups in total. The number of rotatable bonds is 4. The molecule has 0 unspecified atom stereocenters. The summed E-state index contributed by atoms with van der Waals surface area (Å²) in [4.78, 5) is 27.3. The number of aromatic amines is 1. The summed E-state index contributed by atoms with van der Waals surface area (Å²) in [6.45, 7) is -0.189. The second-order valence-electron chi connectivity index (χ2n) is 4.74. The van der Waals surface area contributed by atoms with Crippen molar-refractivity contribution in [2.75, 3.05) is 0 Å². The Labute approximate surface area is 141 Å². The van der Waals surface area contributed by atoms with Gasteiger partial charge in [-0.3, -0.25) is 20.4 Å². The van der Waals surface area contributed by atoms with Crippen molar-refractivity contribution in [3.8, 4) is 11.4 Å². The molecule has 2 heterocycles. The molecule has 1 aromatic carbocycles. The SMILES string of the molecule is O=C(Cn1nnc(-c2ccc(Cl)cc2)n1)NNC(=O)c1ccc[nH]1. The van der Waals surface area contributed by atoms with Crippen molar-refractivity contribution in [1.82, 2.24) is 36.0 Å². The number of nitrogens with zero attached hydrogens (tertiary/aromatic N) is 4. The topological polar surface area (TPSA) is 118 Å². The minimum Gasteiger partial charge on any atom is -0.357 e. The maximum atomic E-state index is 11.8. The molecule has 0 aliphatic rings. The quantitative estimate of drug-likeness (QED) is 0.604. The fourth-order valence-electron chi connectivity index (χ4n) is 1.86. The lowest BCUT2D eigenvalue weighted by molar-refractivity contribution is -0.122. The van der Waals surface area contributed by atoms with Gasteiger partial charge in [0.1, 0.15) is 12.2 Å². The second kappa shape index (κ2) is 6.92. The molecule has 2 amide bonds. The lowest BCUT2D eigenvalue weighted by Crippen LogP contribution is -2.43. The molecule has 0 bridgehead atoms. The highest BCUT2D eigenvalue weighted by Gasteiger charge is 2.11. The number of hydrazine groups is 1. The molecule has 0 atom stereocenters. The molecule has 2 aromatic heterocycles. The van der Waals surface area contributed by atoms with E-state index in [1.807, 2.05) is 0 Å². The van der Waals surface area contributed by atoms with Gasteiger partial charge in [0, 0.05) is 16.8 Å². The van der Waals surface area contributed by atoms with E-state index in [-0.39, 0.29) is 6.54 Å². The van der Waals surface area contributed by atoms with Crippen LogP contribution in [0.25, 0.3) is 11.4 Å². The number of benzene rings is 1. The van der Waals surface area contributed by atoms with Crippen molar-refractivity contribution < 1.29 is 9.59 Å². The molecular weight excluding hydrogens is 334 g/mol. The molecule has 3 aromatic rings. The zero-order valence-corrected chi connectivity index (χ0v) is 13.0. The summed E-state index contributed by atoms with van der Waals surface area (Å²) in [5.74, 6) is -0.577. The molecule has 0 saturated carbocycles. The van der Waals surface area contributed by atoms with Crippen LogP contribution < -0.4 is 10.9 Å². The van der Waals surface area contributed by atoms with Crippen LogP contribution in [0.3, 0.4) is 0 Å². The number of hydrogen-bond acceptors (Lipinski definition) is 5. The van der Waals surface area contributed by atoms with Crippen LogP contribution in [-0.2, 0) is 11.3 Å². The van der Waals surface area contributed by atoms with Gasteiger partial charge in [0.05, 0.1) is 0 Å². The molecule has 3 rings (SSSR count). The van der Waals surface area contributed by atoms with E-state index in [1.165, 1.54) is 0 Å². The van der Waals surface area contributed by atoms with E-state index >= 15 is 0 Å². The first-order chi connectivity index (χ1) is 11.6. The molecule has 0 fully saturated rings. The van der Waals surface area contributed by atoms with Crippen LogP contribution >= 0.6 is 11.6 Å². The van der Waals surface area contributed by atoms with Gasteiger partial charge in [0.15, 0.2) is 0 Å². The molecule has 10 heteroatoms. The molecule has 122 valence electrons. The Balaban J connectivity index is 1.55. The zero-order chi connectivity index (χ0) is 16.9. The van der Waals surface area contributed by atoms with Crippen molar-refractivity contribution >= 4 is 23.4 Å². The highest BCUT2D eigenvalue weighted by Crippen LogP contribution is 2.16. The van der Waals surface area contributed by atoms with Crippen LogP contribution in [0.4, 0.5) is 0 Å². The predicted molar refractivity (Wildman–Crippen MR) is 84.7 cm³/mol. The molecule has 9 nitrogen and oxygen atoms in total. The van der Waals surface area contributed by atoms with Gasteiger partial charge in [-0.25, -0.2) is 0 Å². The van der Waals surface area contributed by atoms with Crippen LogP contribution in [0.15, 0.2) is 42.6 Å². The minimum absolute atomic E-state index is 0.189. The number of halogens is 1. The number of hydrogen-bond donors (Lipinski definition) is 3. The summed E-state index contributed by atoms with van der Waals surface area (Å²) in [7, 11) is 0. The van der Waals surface area contributed by atoms with E-state index in [9.17, 15) is 9.59 Å². The predicted octanol–water partition coefficient (Wildman–Crippen LogP) is 0.783. The standard InChI is InChI=1S/C14H12ClN7O2/c15-10-5-3-9(4-6-10)13-18-21-22(20-13)8-12(23)17-19-14(24)11-2-1-7-16-11/h1-7,16H,8H2,(H,17,23)(H,19,24). The maximum absolute atomic E-state index is 11.8. The monoisotopic (exact) mass is 345 g/mol. The van der Waals surface area contributed by atoms with Gasteiger partial charge in [-0.05, 0) is 41.6 Å².